The van der Waals surface area contributed by atoms with E-state index in [1.807, 2.05) is 49.9 Å². The van der Waals surface area contributed by atoms with Gasteiger partial charge in [0.05, 0.1) is 12.0 Å². The van der Waals surface area contributed by atoms with E-state index in [2.05, 4.69) is 33.9 Å². The molecule has 0 aliphatic heterocycles. The molecule has 1 N–H and O–H groups in total. The lowest BCUT2D eigenvalue weighted by atomic mass is 10.00. The van der Waals surface area contributed by atoms with E-state index in [-0.39, 0.29) is 17.6 Å². The van der Waals surface area contributed by atoms with Crippen LogP contribution in [0.1, 0.15) is 68.8 Å². The third kappa shape index (κ3) is 9.85. The number of carbonyl (C=O) groups is 2. The van der Waals surface area contributed by atoms with Crippen molar-refractivity contribution in [1.82, 2.24) is 9.55 Å². The number of unbranched alkanes of at least 4 members (excludes halogenated alkanes) is 3. The average molecular weight is 448 g/mol. The topological polar surface area (TPSA) is 64.0 Å². The second-order valence-corrected chi connectivity index (χ2v) is 8.38. The molecule has 0 fully saturated rings. The number of rotatable bonds is 11. The van der Waals surface area contributed by atoms with E-state index in [1.165, 1.54) is 38.2 Å². The molecule has 1 unspecified atom stereocenters. The smallest absolute Gasteiger partial charge is 0.227 e. The second kappa shape index (κ2) is 14.8. The van der Waals surface area contributed by atoms with Gasteiger partial charge in [-0.25, -0.2) is 4.98 Å². The highest BCUT2D eigenvalue weighted by atomic mass is 16.2. The van der Waals surface area contributed by atoms with Crippen molar-refractivity contribution in [2.45, 2.75) is 65.8 Å². The quantitative estimate of drug-likeness (QED) is 0.267. The predicted octanol–water partition coefficient (Wildman–Crippen LogP) is 6.56. The highest BCUT2D eigenvalue weighted by molar-refractivity contribution is 6.04. The molecule has 0 radical (unpaired) electrons. The number of ketones is 1. The summed E-state index contributed by atoms with van der Waals surface area (Å²) >= 11 is 0. The van der Waals surface area contributed by atoms with Crippen molar-refractivity contribution < 1.29 is 9.59 Å². The number of benzene rings is 2. The normalized spacial score (nSPS) is 11.2. The van der Waals surface area contributed by atoms with Gasteiger partial charge in [-0.2, -0.15) is 0 Å². The van der Waals surface area contributed by atoms with E-state index in [4.69, 9.17) is 0 Å². The van der Waals surface area contributed by atoms with Crippen LogP contribution < -0.4 is 5.32 Å². The molecule has 33 heavy (non-hydrogen) atoms. The van der Waals surface area contributed by atoms with Crippen LogP contribution in [-0.2, 0) is 17.8 Å². The van der Waals surface area contributed by atoms with E-state index in [0.29, 0.717) is 11.3 Å². The number of nitrogens with one attached hydrogen (secondary N) is 1. The lowest BCUT2D eigenvalue weighted by Crippen LogP contribution is -2.22. The minimum Gasteiger partial charge on any atom is -0.337 e. The molecule has 0 saturated carbocycles. The van der Waals surface area contributed by atoms with Crippen LogP contribution in [-0.4, -0.2) is 21.2 Å². The van der Waals surface area contributed by atoms with Gasteiger partial charge >= 0.3 is 0 Å². The van der Waals surface area contributed by atoms with Crippen LogP contribution in [0.4, 0.5) is 5.69 Å². The highest BCUT2D eigenvalue weighted by Crippen LogP contribution is 2.18. The molecule has 1 amide bonds. The number of amides is 1. The van der Waals surface area contributed by atoms with Gasteiger partial charge < -0.3 is 9.88 Å². The Morgan fingerprint density at radius 2 is 1.73 bits per heavy atom. The van der Waals surface area contributed by atoms with Crippen LogP contribution >= 0.6 is 0 Å². The Kier molecular flexibility index (Phi) is 11.7. The highest BCUT2D eigenvalue weighted by Gasteiger charge is 2.15. The van der Waals surface area contributed by atoms with Crippen LogP contribution in [0.2, 0.25) is 0 Å². The van der Waals surface area contributed by atoms with Gasteiger partial charge in [-0.1, -0.05) is 75.6 Å². The monoisotopic (exact) mass is 447 g/mol. The molecule has 1 atom stereocenters. The first-order valence-corrected chi connectivity index (χ1v) is 11.9. The van der Waals surface area contributed by atoms with Crippen molar-refractivity contribution in [3.05, 3.63) is 84.4 Å². The molecule has 0 bridgehead atoms. The summed E-state index contributed by atoms with van der Waals surface area (Å²) in [5.74, 6) is -0.210. The van der Waals surface area contributed by atoms with Crippen molar-refractivity contribution in [1.29, 1.82) is 0 Å². The van der Waals surface area contributed by atoms with Gasteiger partial charge in [0.1, 0.15) is 0 Å². The summed E-state index contributed by atoms with van der Waals surface area (Å²) in [6.07, 6.45) is 12.7. The molecule has 0 spiro atoms. The zero-order valence-electron chi connectivity index (χ0n) is 20.2. The molecule has 3 aromatic rings. The summed E-state index contributed by atoms with van der Waals surface area (Å²) in [7, 11) is 0. The van der Waals surface area contributed by atoms with E-state index < -0.39 is 0 Å². The van der Waals surface area contributed by atoms with Crippen LogP contribution in [0.5, 0.6) is 0 Å². The lowest BCUT2D eigenvalue weighted by Gasteiger charge is -2.14. The first-order chi connectivity index (χ1) is 16.0. The van der Waals surface area contributed by atoms with Gasteiger partial charge in [0.15, 0.2) is 5.78 Å². The minimum atomic E-state index is -0.111. The molecule has 2 aromatic carbocycles. The van der Waals surface area contributed by atoms with Crippen molar-refractivity contribution in [3.63, 3.8) is 0 Å². The first kappa shape index (κ1) is 26.0. The van der Waals surface area contributed by atoms with Gasteiger partial charge in [-0.3, -0.25) is 9.59 Å². The number of carbonyl (C=O) groups excluding carboxylic acids is 2. The number of anilines is 1. The number of hydrogen-bond acceptors (Lipinski definition) is 3. The number of imidazole rings is 1. The maximum Gasteiger partial charge on any atom is 0.227 e. The third-order valence-corrected chi connectivity index (χ3v) is 5.55. The molecule has 5 nitrogen and oxygen atoms in total. The largest absolute Gasteiger partial charge is 0.337 e. The fourth-order valence-corrected chi connectivity index (χ4v) is 3.45. The SMILES string of the molecule is CC(=O)c1ccccc1NC(=O)C(C)CCc1ccccc1.CCCCCCn1ccnc1. The molecule has 1 aromatic heterocycles. The standard InChI is InChI=1S/C19H21NO2.C9H16N2/c1-14(12-13-16-8-4-3-5-9-16)19(22)20-18-11-7-6-10-17(18)15(2)21;1-2-3-4-5-7-11-8-6-10-9-11/h3-11,14H,12-13H2,1-2H3,(H,20,22);6,8-9H,2-5,7H2,1H3. The Labute approximate surface area is 198 Å². The Morgan fingerprint density at radius 1 is 1.00 bits per heavy atom. The van der Waals surface area contributed by atoms with Gasteiger partial charge in [-0.15, -0.1) is 0 Å². The summed E-state index contributed by atoms with van der Waals surface area (Å²) in [6, 6.07) is 17.2. The maximum absolute atomic E-state index is 12.3. The molecule has 0 saturated heterocycles. The van der Waals surface area contributed by atoms with Crippen LogP contribution in [0.3, 0.4) is 0 Å². The summed E-state index contributed by atoms with van der Waals surface area (Å²) in [4.78, 5) is 27.8. The summed E-state index contributed by atoms with van der Waals surface area (Å²) in [6.45, 7) is 6.77. The molecule has 176 valence electrons. The van der Waals surface area contributed by atoms with Crippen LogP contribution in [0, 0.1) is 5.92 Å². The maximum atomic E-state index is 12.3. The molecule has 5 heteroatoms. The third-order valence-electron chi connectivity index (χ3n) is 5.55. The molecule has 0 aliphatic rings. The number of Topliss-reactive ketones (excluding diaryl/α,β-unsaturated/α-hetero) is 1. The number of aromatic nitrogens is 2. The summed E-state index contributed by atoms with van der Waals surface area (Å²) in [5, 5.41) is 2.87. The fraction of sp³-hybridized carbons (Fsp3) is 0.393. The molecule has 1 heterocycles. The number of para-hydroxylation sites is 1. The predicted molar refractivity (Wildman–Crippen MR) is 135 cm³/mol. The Bertz CT molecular complexity index is 952. The van der Waals surface area contributed by atoms with E-state index in [9.17, 15) is 9.59 Å². The molecule has 0 aliphatic carbocycles. The van der Waals surface area contributed by atoms with Gasteiger partial charge in [0.25, 0.3) is 0 Å². The Balaban J connectivity index is 0.000000294. The van der Waals surface area contributed by atoms with Crippen LogP contribution in [0.15, 0.2) is 73.3 Å². The molecule has 3 rings (SSSR count). The molecular formula is C28H37N3O2. The zero-order chi connectivity index (χ0) is 23.9. The van der Waals surface area contributed by atoms with E-state index in [1.54, 1.807) is 18.2 Å². The second-order valence-electron chi connectivity index (χ2n) is 8.38. The fourth-order valence-electron chi connectivity index (χ4n) is 3.45. The Morgan fingerprint density at radius 3 is 2.39 bits per heavy atom. The van der Waals surface area contributed by atoms with Crippen molar-refractivity contribution in [2.24, 2.45) is 5.92 Å². The van der Waals surface area contributed by atoms with Crippen molar-refractivity contribution in [3.8, 4) is 0 Å². The van der Waals surface area contributed by atoms with Crippen molar-refractivity contribution in [2.75, 3.05) is 5.32 Å². The van der Waals surface area contributed by atoms with Gasteiger partial charge in [-0.05, 0) is 43.9 Å². The van der Waals surface area contributed by atoms with E-state index in [0.717, 1.165) is 19.4 Å². The van der Waals surface area contributed by atoms with Crippen LogP contribution in [0.25, 0.3) is 0 Å². The number of hydrogen-bond donors (Lipinski definition) is 1. The molecular weight excluding hydrogens is 410 g/mol. The Hall–Kier alpha value is -3.21. The van der Waals surface area contributed by atoms with Crippen molar-refractivity contribution >= 4 is 17.4 Å². The number of aryl methyl sites for hydroxylation is 2. The summed E-state index contributed by atoms with van der Waals surface area (Å²) in [5.41, 5.74) is 2.36. The average Bonchev–Trinajstić information content (AvgIpc) is 3.35. The zero-order valence-corrected chi connectivity index (χ0v) is 20.2. The first-order valence-electron chi connectivity index (χ1n) is 11.9. The summed E-state index contributed by atoms with van der Waals surface area (Å²) < 4.78 is 2.13. The lowest BCUT2D eigenvalue weighted by molar-refractivity contribution is -0.119. The number of nitrogens with zero attached hydrogens (tertiary/aromatic N) is 2. The van der Waals surface area contributed by atoms with Gasteiger partial charge in [0, 0.05) is 30.4 Å². The van der Waals surface area contributed by atoms with Gasteiger partial charge in [0.2, 0.25) is 5.91 Å². The van der Waals surface area contributed by atoms with E-state index >= 15 is 0 Å². The minimum absolute atomic E-state index is 0.0483.